The second-order valence-corrected chi connectivity index (χ2v) is 8.02. The van der Waals surface area contributed by atoms with Crippen molar-refractivity contribution in [3.05, 3.63) is 30.3 Å². The Morgan fingerprint density at radius 2 is 1.77 bits per heavy atom. The van der Waals surface area contributed by atoms with Crippen LogP contribution in [0.5, 0.6) is 5.75 Å². The Bertz CT molecular complexity index is 543. The van der Waals surface area contributed by atoms with E-state index in [9.17, 15) is 4.79 Å². The van der Waals surface area contributed by atoms with Crippen LogP contribution in [0.15, 0.2) is 30.3 Å². The van der Waals surface area contributed by atoms with E-state index in [0.29, 0.717) is 18.5 Å². The van der Waals surface area contributed by atoms with Crippen LogP contribution in [0.3, 0.4) is 0 Å². The number of carbonyl (C=O) groups is 1. The molecule has 1 heterocycles. The third kappa shape index (κ3) is 5.99. The molecule has 1 amide bonds. The summed E-state index contributed by atoms with van der Waals surface area (Å²) in [7, 11) is 0. The van der Waals surface area contributed by atoms with Gasteiger partial charge in [0.1, 0.15) is 45.1 Å². The third-order valence-corrected chi connectivity index (χ3v) is 6.00. The summed E-state index contributed by atoms with van der Waals surface area (Å²) in [5, 5.41) is 3.29. The highest BCUT2D eigenvalue weighted by Gasteiger charge is 2.27. The van der Waals surface area contributed by atoms with Crippen molar-refractivity contribution in [2.45, 2.75) is 38.6 Å². The molecule has 1 saturated heterocycles. The van der Waals surface area contributed by atoms with Crippen LogP contribution in [0.1, 0.15) is 32.6 Å². The van der Waals surface area contributed by atoms with Gasteiger partial charge in [-0.15, -0.1) is 0 Å². The molecule has 1 aromatic carbocycles. The predicted octanol–water partition coefficient (Wildman–Crippen LogP) is -0.456. The molecule has 2 aliphatic rings. The second kappa shape index (κ2) is 9.93. The van der Waals surface area contributed by atoms with Gasteiger partial charge in [-0.05, 0) is 30.9 Å². The summed E-state index contributed by atoms with van der Waals surface area (Å²) in [5.74, 6) is 1.83. The fourth-order valence-corrected chi connectivity index (χ4v) is 4.23. The van der Waals surface area contributed by atoms with Crippen LogP contribution in [0.4, 0.5) is 0 Å². The van der Waals surface area contributed by atoms with E-state index in [1.807, 2.05) is 30.3 Å². The normalized spacial score (nSPS) is 29.1. The van der Waals surface area contributed by atoms with Crippen LogP contribution in [0.25, 0.3) is 0 Å². The van der Waals surface area contributed by atoms with Crippen LogP contribution in [-0.4, -0.2) is 57.8 Å². The first-order valence-electron chi connectivity index (χ1n) is 10.3. The van der Waals surface area contributed by atoms with Gasteiger partial charge < -0.3 is 19.9 Å². The van der Waals surface area contributed by atoms with Crippen molar-refractivity contribution in [3.8, 4) is 5.75 Å². The first kappa shape index (κ1) is 19.2. The van der Waals surface area contributed by atoms with Gasteiger partial charge in [0.15, 0.2) is 6.54 Å². The number of piperazine rings is 1. The van der Waals surface area contributed by atoms with Crippen molar-refractivity contribution in [2.24, 2.45) is 5.92 Å². The zero-order valence-electron chi connectivity index (χ0n) is 16.1. The summed E-state index contributed by atoms with van der Waals surface area (Å²) in [6.45, 7) is 9.11. The van der Waals surface area contributed by atoms with Crippen LogP contribution >= 0.6 is 0 Å². The summed E-state index contributed by atoms with van der Waals surface area (Å²) in [5.41, 5.74) is 0. The molecular formula is C21H35N3O2+2. The number of quaternary nitrogens is 2. The molecule has 1 aromatic rings. The molecule has 3 rings (SSSR count). The van der Waals surface area contributed by atoms with Crippen molar-refractivity contribution in [2.75, 3.05) is 45.9 Å². The molecule has 3 N–H and O–H groups in total. The monoisotopic (exact) mass is 361 g/mol. The maximum absolute atomic E-state index is 12.4. The van der Waals surface area contributed by atoms with Gasteiger partial charge >= 0.3 is 0 Å². The minimum Gasteiger partial charge on any atom is -0.488 e. The quantitative estimate of drug-likeness (QED) is 0.616. The van der Waals surface area contributed by atoms with E-state index in [1.54, 1.807) is 4.90 Å². The Morgan fingerprint density at radius 1 is 1.08 bits per heavy atom. The maximum atomic E-state index is 12.4. The largest absolute Gasteiger partial charge is 0.488 e. The molecule has 0 aromatic heterocycles. The molecule has 0 spiro atoms. The number of hydrogen-bond acceptors (Lipinski definition) is 2. The maximum Gasteiger partial charge on any atom is 0.275 e. The Balaban J connectivity index is 1.30. The highest BCUT2D eigenvalue weighted by atomic mass is 16.5. The molecule has 2 atom stereocenters. The number of rotatable bonds is 7. The first-order chi connectivity index (χ1) is 12.7. The molecule has 5 heteroatoms. The lowest BCUT2D eigenvalue weighted by atomic mass is 9.86. The second-order valence-electron chi connectivity index (χ2n) is 8.02. The van der Waals surface area contributed by atoms with E-state index in [2.05, 4.69) is 12.2 Å². The van der Waals surface area contributed by atoms with Gasteiger partial charge in [-0.2, -0.15) is 0 Å². The van der Waals surface area contributed by atoms with E-state index in [4.69, 9.17) is 4.74 Å². The smallest absolute Gasteiger partial charge is 0.275 e. The minimum absolute atomic E-state index is 0.245. The Morgan fingerprint density at radius 3 is 2.50 bits per heavy atom. The van der Waals surface area contributed by atoms with E-state index >= 15 is 0 Å². The van der Waals surface area contributed by atoms with E-state index in [0.717, 1.165) is 51.5 Å². The van der Waals surface area contributed by atoms with E-state index in [1.165, 1.54) is 24.2 Å². The molecule has 26 heavy (non-hydrogen) atoms. The Labute approximate surface area is 157 Å². The molecule has 2 fully saturated rings. The minimum atomic E-state index is 0.245. The predicted molar refractivity (Wildman–Crippen MR) is 103 cm³/mol. The van der Waals surface area contributed by atoms with Crippen molar-refractivity contribution in [1.82, 2.24) is 5.32 Å². The SMILES string of the molecule is C[C@H]1CCCC[C@H]1NC(=O)C[NH+]1CC[NH+](CCOc2ccccc2)CC1. The summed E-state index contributed by atoms with van der Waals surface area (Å²) in [6, 6.07) is 10.4. The number of benzene rings is 1. The number of nitrogens with one attached hydrogen (secondary N) is 3. The third-order valence-electron chi connectivity index (χ3n) is 6.00. The van der Waals surface area contributed by atoms with Gasteiger partial charge in [-0.3, -0.25) is 4.79 Å². The van der Waals surface area contributed by atoms with E-state index in [-0.39, 0.29) is 5.91 Å². The van der Waals surface area contributed by atoms with Crippen LogP contribution in [0, 0.1) is 5.92 Å². The molecule has 1 aliphatic carbocycles. The molecule has 0 unspecified atom stereocenters. The molecule has 1 aliphatic heterocycles. The average Bonchev–Trinajstić information content (AvgIpc) is 2.66. The highest BCUT2D eigenvalue weighted by Crippen LogP contribution is 2.23. The number of ether oxygens (including phenoxy) is 1. The van der Waals surface area contributed by atoms with E-state index < -0.39 is 0 Å². The number of carbonyl (C=O) groups excluding carboxylic acids is 1. The zero-order chi connectivity index (χ0) is 18.2. The molecule has 144 valence electrons. The zero-order valence-corrected chi connectivity index (χ0v) is 16.1. The summed E-state index contributed by atoms with van der Waals surface area (Å²) in [4.78, 5) is 15.4. The molecule has 0 radical (unpaired) electrons. The molecule has 0 bridgehead atoms. The van der Waals surface area contributed by atoms with Gasteiger partial charge in [0.05, 0.1) is 0 Å². The van der Waals surface area contributed by atoms with Crippen molar-refractivity contribution >= 4 is 5.91 Å². The lowest BCUT2D eigenvalue weighted by Gasteiger charge is -2.32. The van der Waals surface area contributed by atoms with Crippen molar-refractivity contribution < 1.29 is 19.3 Å². The van der Waals surface area contributed by atoms with Crippen LogP contribution < -0.4 is 19.9 Å². The summed E-state index contributed by atoms with van der Waals surface area (Å²) >= 11 is 0. The topological polar surface area (TPSA) is 47.2 Å². The molecule has 5 nitrogen and oxygen atoms in total. The molecular weight excluding hydrogens is 326 g/mol. The molecule has 1 saturated carbocycles. The Hall–Kier alpha value is -1.59. The standard InChI is InChI=1S/C21H33N3O2/c1-18-7-5-6-10-20(18)22-21(25)17-24-13-11-23(12-14-24)15-16-26-19-8-3-2-4-9-19/h2-4,8-9,18,20H,5-7,10-17H2,1H3,(H,22,25)/p+2/t18-,20+/m0/s1. The van der Waals surface area contributed by atoms with Gasteiger partial charge in [0, 0.05) is 6.04 Å². The van der Waals surface area contributed by atoms with Crippen molar-refractivity contribution in [3.63, 3.8) is 0 Å². The van der Waals surface area contributed by atoms with Gasteiger partial charge in [0.2, 0.25) is 0 Å². The number of hydrogen-bond donors (Lipinski definition) is 3. The van der Waals surface area contributed by atoms with Crippen LogP contribution in [0.2, 0.25) is 0 Å². The first-order valence-corrected chi connectivity index (χ1v) is 10.3. The highest BCUT2D eigenvalue weighted by molar-refractivity contribution is 5.77. The fraction of sp³-hybridized carbons (Fsp3) is 0.667. The van der Waals surface area contributed by atoms with Gasteiger partial charge in [-0.1, -0.05) is 38.0 Å². The lowest BCUT2D eigenvalue weighted by molar-refractivity contribution is -1.01. The summed E-state index contributed by atoms with van der Waals surface area (Å²) < 4.78 is 5.80. The lowest BCUT2D eigenvalue weighted by Crippen LogP contribution is -3.28. The van der Waals surface area contributed by atoms with Crippen molar-refractivity contribution in [1.29, 1.82) is 0 Å². The average molecular weight is 362 g/mol. The summed E-state index contributed by atoms with van der Waals surface area (Å²) in [6.07, 6.45) is 4.99. The fourth-order valence-electron chi connectivity index (χ4n) is 4.23. The number of para-hydroxylation sites is 1. The van der Waals surface area contributed by atoms with Crippen LogP contribution in [-0.2, 0) is 4.79 Å². The number of amides is 1. The van der Waals surface area contributed by atoms with Gasteiger partial charge in [0.25, 0.3) is 5.91 Å². The van der Waals surface area contributed by atoms with Gasteiger partial charge in [-0.25, -0.2) is 0 Å². The Kier molecular flexibility index (Phi) is 7.32.